The Bertz CT molecular complexity index is 1950. The molecule has 1 aromatic heterocycles. The minimum Gasteiger partial charge on any atom is -0.406 e. The van der Waals surface area contributed by atoms with E-state index in [1.165, 1.54) is 24.3 Å². The van der Waals surface area contributed by atoms with Crippen LogP contribution in [0.25, 0.3) is 11.0 Å². The van der Waals surface area contributed by atoms with Crippen molar-refractivity contribution in [1.82, 2.24) is 14.9 Å². The van der Waals surface area contributed by atoms with Gasteiger partial charge in [0.25, 0.3) is 5.91 Å². The Morgan fingerprint density at radius 2 is 1.58 bits per heavy atom. The van der Waals surface area contributed by atoms with Crippen molar-refractivity contribution in [3.05, 3.63) is 69.7 Å². The summed E-state index contributed by atoms with van der Waals surface area (Å²) in [4.78, 5) is 19.9. The van der Waals surface area contributed by atoms with Crippen LogP contribution in [-0.4, -0.2) is 53.8 Å². The molecule has 4 aromatic rings. The third-order valence-electron chi connectivity index (χ3n) is 8.94. The molecule has 8 nitrogen and oxygen atoms in total. The van der Waals surface area contributed by atoms with Crippen molar-refractivity contribution >= 4 is 63.2 Å². The highest BCUT2D eigenvalue weighted by atomic mass is 35.5. The molecule has 1 aliphatic rings. The van der Waals surface area contributed by atoms with Gasteiger partial charge >= 0.3 is 18.7 Å². The highest BCUT2D eigenvalue weighted by molar-refractivity contribution is 6.39. The molecular weight excluding hydrogens is 766 g/mol. The molecule has 1 aliphatic heterocycles. The van der Waals surface area contributed by atoms with Crippen molar-refractivity contribution in [2.24, 2.45) is 18.4 Å². The smallest absolute Gasteiger partial charge is 0.406 e. The van der Waals surface area contributed by atoms with E-state index >= 15 is 0 Å². The van der Waals surface area contributed by atoms with Crippen molar-refractivity contribution < 1.29 is 49.0 Å². The number of imidazole rings is 1. The molecule has 0 unspecified atom stereocenters. The number of hydrogen-bond acceptors (Lipinski definition) is 6. The second-order valence-corrected chi connectivity index (χ2v) is 14.0. The zero-order valence-electron chi connectivity index (χ0n) is 28.3. The van der Waals surface area contributed by atoms with Gasteiger partial charge in [0.1, 0.15) is 5.75 Å². The average Bonchev–Trinajstić information content (AvgIpc) is 3.36. The summed E-state index contributed by atoms with van der Waals surface area (Å²) in [6.45, 7) is 1.71. The minimum absolute atomic E-state index is 0.0162. The first kappa shape index (κ1) is 40.1. The Morgan fingerprint density at radius 3 is 2.17 bits per heavy atom. The van der Waals surface area contributed by atoms with Gasteiger partial charge in [-0.2, -0.15) is 26.3 Å². The van der Waals surface area contributed by atoms with Crippen molar-refractivity contribution in [2.45, 2.75) is 51.9 Å². The van der Waals surface area contributed by atoms with E-state index in [1.54, 1.807) is 28.6 Å². The van der Waals surface area contributed by atoms with E-state index in [0.29, 0.717) is 16.8 Å². The number of carbonyl (C=O) groups excluding carboxylic acids is 1. The number of ether oxygens (including phenoxy) is 1. The van der Waals surface area contributed by atoms with E-state index in [4.69, 9.17) is 23.2 Å². The molecule has 0 radical (unpaired) electrons. The first-order valence-electron chi connectivity index (χ1n) is 16.0. The van der Waals surface area contributed by atoms with Gasteiger partial charge in [-0.15, -0.1) is 13.2 Å². The fourth-order valence-corrected chi connectivity index (χ4v) is 6.27. The second kappa shape index (κ2) is 15.0. The summed E-state index contributed by atoms with van der Waals surface area (Å²) >= 11 is 13.1. The van der Waals surface area contributed by atoms with Gasteiger partial charge in [0.2, 0.25) is 5.95 Å². The number of amides is 1. The summed E-state index contributed by atoms with van der Waals surface area (Å²) in [5.74, 6) is -2.54. The number of piperidine rings is 1. The average molecular weight is 800 g/mol. The van der Waals surface area contributed by atoms with Crippen LogP contribution >= 0.6 is 23.2 Å². The third-order valence-corrected chi connectivity index (χ3v) is 9.69. The van der Waals surface area contributed by atoms with E-state index in [9.17, 15) is 44.3 Å². The SMILES string of the molecule is Cn1c(Nc2c(Cl)ccc(CNCC(C)(C)C(F)(F)F)c2Cl)nc2cc(C(=O)Nc3ccc(OC(F)(F)F)cc3)c(N3CCC(C(F)(F)F)CC3)cc21. The largest absolute Gasteiger partial charge is 0.573 e. The molecular formula is C34H33Cl2F9N6O2. The number of carbonyl (C=O) groups is 1. The predicted molar refractivity (Wildman–Crippen MR) is 184 cm³/mol. The number of benzene rings is 3. The summed E-state index contributed by atoms with van der Waals surface area (Å²) in [6, 6.07) is 10.5. The molecule has 288 valence electrons. The predicted octanol–water partition coefficient (Wildman–Crippen LogP) is 10.2. The lowest BCUT2D eigenvalue weighted by Crippen LogP contribution is -2.41. The summed E-state index contributed by atoms with van der Waals surface area (Å²) in [5, 5.41) is 8.71. The topological polar surface area (TPSA) is 83.5 Å². The van der Waals surface area contributed by atoms with Crippen LogP contribution in [0.2, 0.25) is 10.0 Å². The van der Waals surface area contributed by atoms with Crippen molar-refractivity contribution in [3.8, 4) is 5.75 Å². The minimum atomic E-state index is -4.92. The van der Waals surface area contributed by atoms with E-state index in [-0.39, 0.29) is 77.5 Å². The molecule has 0 saturated carbocycles. The van der Waals surface area contributed by atoms with Gasteiger partial charge in [0.15, 0.2) is 0 Å². The molecule has 0 atom stereocenters. The summed E-state index contributed by atoms with van der Waals surface area (Å²) in [6.07, 6.45) is -14.2. The first-order chi connectivity index (χ1) is 24.5. The van der Waals surface area contributed by atoms with Crippen LogP contribution in [0.15, 0.2) is 48.5 Å². The molecule has 1 saturated heterocycles. The van der Waals surface area contributed by atoms with Crippen molar-refractivity contribution in [2.75, 3.05) is 35.2 Å². The van der Waals surface area contributed by atoms with Gasteiger partial charge in [-0.1, -0.05) is 29.3 Å². The Labute approximate surface area is 307 Å². The third kappa shape index (κ3) is 9.35. The number of rotatable bonds is 10. The van der Waals surface area contributed by atoms with Gasteiger partial charge in [-0.3, -0.25) is 4.79 Å². The number of hydrogen-bond donors (Lipinski definition) is 3. The maximum atomic E-state index is 13.7. The monoisotopic (exact) mass is 798 g/mol. The number of alkyl halides is 9. The van der Waals surface area contributed by atoms with Crippen molar-refractivity contribution in [3.63, 3.8) is 0 Å². The van der Waals surface area contributed by atoms with Gasteiger partial charge in [0, 0.05) is 38.9 Å². The first-order valence-corrected chi connectivity index (χ1v) is 16.8. The van der Waals surface area contributed by atoms with E-state index in [0.717, 1.165) is 26.0 Å². The molecule has 1 fully saturated rings. The van der Waals surface area contributed by atoms with Crippen LogP contribution in [0.1, 0.15) is 42.6 Å². The second-order valence-electron chi connectivity index (χ2n) is 13.2. The Hall–Kier alpha value is -4.09. The highest BCUT2D eigenvalue weighted by Crippen LogP contribution is 2.40. The number of aromatic nitrogens is 2. The van der Waals surface area contributed by atoms with E-state index in [2.05, 4.69) is 25.7 Å². The zero-order chi connectivity index (χ0) is 39.1. The molecule has 5 rings (SSSR count). The number of anilines is 4. The highest BCUT2D eigenvalue weighted by Gasteiger charge is 2.47. The van der Waals surface area contributed by atoms with Crippen LogP contribution in [0.5, 0.6) is 5.75 Å². The van der Waals surface area contributed by atoms with Crippen LogP contribution < -0.4 is 25.6 Å². The fourth-order valence-electron chi connectivity index (χ4n) is 5.74. The summed E-state index contributed by atoms with van der Waals surface area (Å²) in [5.41, 5.74) is -0.160. The molecule has 0 bridgehead atoms. The number of aryl methyl sites for hydroxylation is 1. The maximum absolute atomic E-state index is 13.7. The maximum Gasteiger partial charge on any atom is 0.573 e. The molecule has 19 heteroatoms. The molecule has 2 heterocycles. The molecule has 53 heavy (non-hydrogen) atoms. The van der Waals surface area contributed by atoms with Gasteiger partial charge in [-0.05, 0) is 74.7 Å². The van der Waals surface area contributed by atoms with Gasteiger partial charge in [-0.25, -0.2) is 4.98 Å². The summed E-state index contributed by atoms with van der Waals surface area (Å²) < 4.78 is 124. The van der Waals surface area contributed by atoms with E-state index in [1.807, 2.05) is 0 Å². The van der Waals surface area contributed by atoms with Gasteiger partial charge in [0.05, 0.1) is 49.3 Å². The zero-order valence-corrected chi connectivity index (χ0v) is 29.8. The fraction of sp³-hybridized carbons (Fsp3) is 0.412. The molecule has 0 spiro atoms. The van der Waals surface area contributed by atoms with Crippen LogP contribution in [0.4, 0.5) is 62.5 Å². The Kier molecular flexibility index (Phi) is 11.3. The van der Waals surface area contributed by atoms with Gasteiger partial charge < -0.3 is 30.2 Å². The van der Waals surface area contributed by atoms with E-state index < -0.39 is 41.7 Å². The standard InChI is InChI=1S/C34H33Cl2F9N6O2/c1-31(2,33(40,41)42)17-46-16-18-4-9-23(35)28(27(18)36)49-30-48-24-14-22(29(52)47-20-5-7-21(8-6-20)53-34(43,44)45)25(15-26(24)50(30)3)51-12-10-19(11-13-51)32(37,38)39/h4-9,14-15,19,46H,10-13,16-17H2,1-3H3,(H,47,52)(H,48,49). The van der Waals surface area contributed by atoms with Crippen LogP contribution in [0.3, 0.4) is 0 Å². The van der Waals surface area contributed by atoms with Crippen molar-refractivity contribution in [1.29, 1.82) is 0 Å². The summed E-state index contributed by atoms with van der Waals surface area (Å²) in [7, 11) is 1.63. The number of halogens is 11. The number of nitrogens with zero attached hydrogens (tertiary/aromatic N) is 3. The lowest BCUT2D eigenvalue weighted by Gasteiger charge is -2.35. The lowest BCUT2D eigenvalue weighted by molar-refractivity contribution is -0.274. The van der Waals surface area contributed by atoms with Crippen LogP contribution in [0, 0.1) is 11.3 Å². The molecule has 3 N–H and O–H groups in total. The molecule has 0 aliphatic carbocycles. The molecule has 3 aromatic carbocycles. The quantitative estimate of drug-likeness (QED) is 0.139. The lowest BCUT2D eigenvalue weighted by atomic mass is 9.92. The number of fused-ring (bicyclic) bond motifs is 1. The normalized spacial score (nSPS) is 14.9. The Balaban J connectivity index is 1.46. The Morgan fingerprint density at radius 1 is 0.943 bits per heavy atom. The molecule has 1 amide bonds. The van der Waals surface area contributed by atoms with Crippen LogP contribution in [-0.2, 0) is 13.6 Å². The number of nitrogens with one attached hydrogen (secondary N) is 3.